The zero-order valence-electron chi connectivity index (χ0n) is 16.4. The van der Waals surface area contributed by atoms with Gasteiger partial charge >= 0.3 is 0 Å². The molecular formula is C28H23Cl. The van der Waals surface area contributed by atoms with Crippen molar-refractivity contribution in [2.75, 3.05) is 0 Å². The van der Waals surface area contributed by atoms with Gasteiger partial charge in [0.1, 0.15) is 0 Å². The van der Waals surface area contributed by atoms with Crippen molar-refractivity contribution >= 4 is 11.6 Å². The first-order valence-corrected chi connectivity index (χ1v) is 11.6. The Morgan fingerprint density at radius 1 is 0.724 bits per heavy atom. The van der Waals surface area contributed by atoms with Gasteiger partial charge in [0, 0.05) is 16.0 Å². The second kappa shape index (κ2) is 4.81. The second-order valence-electron chi connectivity index (χ2n) is 10.3. The van der Waals surface area contributed by atoms with Gasteiger partial charge in [-0.3, -0.25) is 0 Å². The molecule has 4 fully saturated rings. The molecule has 6 atom stereocenters. The third-order valence-electron chi connectivity index (χ3n) is 9.82. The van der Waals surface area contributed by atoms with Crippen LogP contribution in [0.15, 0.2) is 66.7 Å². The first-order chi connectivity index (χ1) is 14.2. The molecule has 0 nitrogen and oxygen atoms in total. The summed E-state index contributed by atoms with van der Waals surface area (Å²) >= 11 is 6.59. The maximum absolute atomic E-state index is 6.59. The van der Waals surface area contributed by atoms with Crippen LogP contribution in [0.2, 0.25) is 5.02 Å². The van der Waals surface area contributed by atoms with Crippen molar-refractivity contribution in [1.82, 2.24) is 0 Å². The molecule has 3 aromatic carbocycles. The summed E-state index contributed by atoms with van der Waals surface area (Å²) in [6.07, 6.45) is 5.96. The molecule has 2 spiro atoms. The molecule has 0 N–H and O–H groups in total. The average Bonchev–Trinajstić information content (AvgIpc) is 3.36. The molecule has 6 unspecified atom stereocenters. The van der Waals surface area contributed by atoms with Crippen LogP contribution in [-0.4, -0.2) is 0 Å². The molecule has 0 radical (unpaired) electrons. The molecule has 29 heavy (non-hydrogen) atoms. The lowest BCUT2D eigenvalue weighted by molar-refractivity contribution is -0.231. The third-order valence-corrected chi connectivity index (χ3v) is 10.1. The van der Waals surface area contributed by atoms with Gasteiger partial charge in [0.25, 0.3) is 0 Å². The molecule has 8 rings (SSSR count). The highest BCUT2D eigenvalue weighted by molar-refractivity contribution is 6.33. The smallest absolute Gasteiger partial charge is 0.0484 e. The Bertz CT molecular complexity index is 1220. The molecule has 0 heterocycles. The van der Waals surface area contributed by atoms with E-state index in [0.29, 0.717) is 5.41 Å². The number of hydrogen-bond donors (Lipinski definition) is 0. The SMILES string of the molecule is Clc1ccccc1-c1ccc2c(c1)C1(c3ccccc3-2)C2CC3CC4CC1C42C3. The van der Waals surface area contributed by atoms with Crippen LogP contribution in [0.25, 0.3) is 22.3 Å². The van der Waals surface area contributed by atoms with E-state index in [1.165, 1.54) is 42.4 Å². The zero-order chi connectivity index (χ0) is 19.0. The predicted molar refractivity (Wildman–Crippen MR) is 118 cm³/mol. The zero-order valence-corrected chi connectivity index (χ0v) is 17.1. The van der Waals surface area contributed by atoms with Crippen LogP contribution in [0.3, 0.4) is 0 Å². The quantitative estimate of drug-likeness (QED) is 0.405. The summed E-state index contributed by atoms with van der Waals surface area (Å²) in [5, 5.41) is 0.853. The Morgan fingerprint density at radius 3 is 2.34 bits per heavy atom. The summed E-state index contributed by atoms with van der Waals surface area (Å²) in [4.78, 5) is 0. The Labute approximate surface area is 176 Å². The Hall–Kier alpha value is -2.05. The topological polar surface area (TPSA) is 0 Å². The molecular weight excluding hydrogens is 372 g/mol. The highest BCUT2D eigenvalue weighted by Crippen LogP contribution is 2.89. The van der Waals surface area contributed by atoms with E-state index < -0.39 is 0 Å². The molecule has 5 aliphatic carbocycles. The van der Waals surface area contributed by atoms with E-state index in [-0.39, 0.29) is 5.41 Å². The van der Waals surface area contributed by atoms with Crippen LogP contribution in [0.4, 0.5) is 0 Å². The van der Waals surface area contributed by atoms with E-state index in [1.807, 2.05) is 12.1 Å². The summed E-state index contributed by atoms with van der Waals surface area (Å²) in [6, 6.07) is 24.8. The number of rotatable bonds is 1. The minimum absolute atomic E-state index is 0.273. The molecule has 3 aromatic rings. The molecule has 4 saturated carbocycles. The molecule has 0 amide bonds. The lowest BCUT2D eigenvalue weighted by Crippen LogP contribution is -2.73. The van der Waals surface area contributed by atoms with Crippen LogP contribution in [-0.2, 0) is 5.41 Å². The van der Waals surface area contributed by atoms with Crippen LogP contribution in [0.5, 0.6) is 0 Å². The van der Waals surface area contributed by atoms with Crippen molar-refractivity contribution < 1.29 is 0 Å². The van der Waals surface area contributed by atoms with Gasteiger partial charge in [-0.15, -0.1) is 0 Å². The maximum atomic E-state index is 6.59. The van der Waals surface area contributed by atoms with E-state index in [2.05, 4.69) is 54.6 Å². The van der Waals surface area contributed by atoms with Gasteiger partial charge in [-0.05, 0) is 94.7 Å². The fourth-order valence-electron chi connectivity index (χ4n) is 9.18. The summed E-state index contributed by atoms with van der Waals surface area (Å²) in [5.41, 5.74) is 9.64. The van der Waals surface area contributed by atoms with E-state index >= 15 is 0 Å². The monoisotopic (exact) mass is 394 g/mol. The van der Waals surface area contributed by atoms with Gasteiger partial charge in [-0.2, -0.15) is 0 Å². The van der Waals surface area contributed by atoms with Crippen molar-refractivity contribution in [3.8, 4) is 22.3 Å². The standard InChI is InChI=1S/C28H23Cl/c29-24-8-4-2-5-19(24)17-9-10-21-20-6-1-3-7-22(20)28(23(21)13-17)25-12-16-11-18-14-26(28)27(18,25)15-16/h1-10,13,16,18,25-26H,11-12,14-15H2. The van der Waals surface area contributed by atoms with Crippen molar-refractivity contribution in [2.45, 2.75) is 31.1 Å². The van der Waals surface area contributed by atoms with Gasteiger partial charge in [0.2, 0.25) is 0 Å². The normalized spacial score (nSPS) is 38.9. The highest BCUT2D eigenvalue weighted by atomic mass is 35.5. The van der Waals surface area contributed by atoms with Crippen LogP contribution in [0, 0.1) is 29.1 Å². The predicted octanol–water partition coefficient (Wildman–Crippen LogP) is 7.34. The first kappa shape index (κ1) is 15.7. The van der Waals surface area contributed by atoms with Gasteiger partial charge in [0.05, 0.1) is 0 Å². The molecule has 142 valence electrons. The van der Waals surface area contributed by atoms with Gasteiger partial charge in [-0.1, -0.05) is 66.2 Å². The van der Waals surface area contributed by atoms with E-state index in [9.17, 15) is 0 Å². The molecule has 0 aromatic heterocycles. The minimum Gasteiger partial charge on any atom is -0.0837 e. The Kier molecular flexibility index (Phi) is 2.61. The molecule has 0 aliphatic heterocycles. The van der Waals surface area contributed by atoms with Gasteiger partial charge in [0.15, 0.2) is 0 Å². The highest BCUT2D eigenvalue weighted by Gasteiger charge is 2.84. The van der Waals surface area contributed by atoms with Gasteiger partial charge < -0.3 is 0 Å². The van der Waals surface area contributed by atoms with Gasteiger partial charge in [-0.25, -0.2) is 0 Å². The average molecular weight is 395 g/mol. The molecule has 1 heteroatoms. The lowest BCUT2D eigenvalue weighted by Gasteiger charge is -2.76. The van der Waals surface area contributed by atoms with E-state index in [4.69, 9.17) is 11.6 Å². The van der Waals surface area contributed by atoms with Crippen molar-refractivity contribution in [1.29, 1.82) is 0 Å². The molecule has 5 aliphatic rings. The van der Waals surface area contributed by atoms with E-state index in [0.717, 1.165) is 34.3 Å². The molecule has 0 saturated heterocycles. The van der Waals surface area contributed by atoms with Crippen molar-refractivity contribution in [2.24, 2.45) is 29.1 Å². The molecule has 2 bridgehead atoms. The summed E-state index contributed by atoms with van der Waals surface area (Å²) < 4.78 is 0. The van der Waals surface area contributed by atoms with Crippen LogP contribution in [0.1, 0.15) is 36.8 Å². The van der Waals surface area contributed by atoms with Crippen LogP contribution < -0.4 is 0 Å². The number of halogens is 1. The summed E-state index contributed by atoms with van der Waals surface area (Å²) in [6.45, 7) is 0. The largest absolute Gasteiger partial charge is 0.0837 e. The number of hydrogen-bond acceptors (Lipinski definition) is 0. The Morgan fingerprint density at radius 2 is 1.48 bits per heavy atom. The number of fused-ring (bicyclic) bond motifs is 8. The fourth-order valence-corrected chi connectivity index (χ4v) is 9.43. The Balaban J connectivity index is 1.40. The van der Waals surface area contributed by atoms with Crippen LogP contribution >= 0.6 is 11.6 Å². The maximum Gasteiger partial charge on any atom is 0.0484 e. The minimum atomic E-state index is 0.273. The summed E-state index contributed by atoms with van der Waals surface area (Å²) in [5.74, 6) is 3.75. The van der Waals surface area contributed by atoms with E-state index in [1.54, 1.807) is 11.1 Å². The second-order valence-corrected chi connectivity index (χ2v) is 10.8. The lowest BCUT2D eigenvalue weighted by atomic mass is 9.27. The fraction of sp³-hybridized carbons (Fsp3) is 0.357. The van der Waals surface area contributed by atoms with Crippen molar-refractivity contribution in [3.63, 3.8) is 0 Å². The first-order valence-electron chi connectivity index (χ1n) is 11.2. The number of benzene rings is 3. The third kappa shape index (κ3) is 1.49. The van der Waals surface area contributed by atoms with Crippen molar-refractivity contribution in [3.05, 3.63) is 82.9 Å². The summed E-state index contributed by atoms with van der Waals surface area (Å²) in [7, 11) is 0.